The van der Waals surface area contributed by atoms with E-state index in [1.54, 1.807) is 0 Å². The maximum absolute atomic E-state index is 12.2. The molecule has 2 heterocycles. The van der Waals surface area contributed by atoms with Crippen molar-refractivity contribution in [2.24, 2.45) is 0 Å². The monoisotopic (exact) mass is 440 g/mol. The van der Waals surface area contributed by atoms with E-state index in [0.717, 1.165) is 37.6 Å². The lowest BCUT2D eigenvalue weighted by atomic mass is 10.2. The molecular weight excluding hydrogens is 416 g/mol. The molecule has 0 saturated carbocycles. The number of rotatable bonds is 8. The maximum Gasteiger partial charge on any atom is 0.419 e. The number of ether oxygens (including phenoxy) is 1. The van der Waals surface area contributed by atoms with Gasteiger partial charge in [0.25, 0.3) is 5.69 Å². The molecule has 1 aliphatic heterocycles. The number of nitrogens with zero attached hydrogens (tertiary/aromatic N) is 3. The Balaban J connectivity index is 1.26. The van der Waals surface area contributed by atoms with Crippen molar-refractivity contribution in [3.63, 3.8) is 0 Å². The number of fused-ring (bicyclic) bond motifs is 1. The summed E-state index contributed by atoms with van der Waals surface area (Å²) < 4.78 is 11.9. The molecule has 2 aromatic carbocycles. The van der Waals surface area contributed by atoms with Gasteiger partial charge in [0.05, 0.1) is 29.7 Å². The van der Waals surface area contributed by atoms with E-state index in [1.807, 2.05) is 24.3 Å². The number of carbonyl (C=O) groups excluding carboxylic acids is 1. The van der Waals surface area contributed by atoms with Gasteiger partial charge in [-0.25, -0.2) is 4.79 Å². The lowest BCUT2D eigenvalue weighted by Gasteiger charge is -2.28. The summed E-state index contributed by atoms with van der Waals surface area (Å²) in [5.74, 6) is -0.708. The first-order valence-corrected chi connectivity index (χ1v) is 10.5. The average Bonchev–Trinajstić information content (AvgIpc) is 3.13. The van der Waals surface area contributed by atoms with Gasteiger partial charge in [0.15, 0.2) is 5.58 Å². The highest BCUT2D eigenvalue weighted by atomic mass is 16.6. The number of aryl methyl sites for hydroxylation is 1. The van der Waals surface area contributed by atoms with Crippen LogP contribution in [0.2, 0.25) is 0 Å². The molecule has 1 saturated heterocycles. The van der Waals surface area contributed by atoms with Gasteiger partial charge in [-0.1, -0.05) is 12.1 Å². The van der Waals surface area contributed by atoms with E-state index in [9.17, 15) is 19.7 Å². The van der Waals surface area contributed by atoms with Crippen LogP contribution in [0.1, 0.15) is 18.4 Å². The van der Waals surface area contributed by atoms with Gasteiger partial charge in [-0.3, -0.25) is 19.5 Å². The Hall–Kier alpha value is -3.66. The van der Waals surface area contributed by atoms with Gasteiger partial charge in [0.2, 0.25) is 5.91 Å². The van der Waals surface area contributed by atoms with E-state index in [1.165, 1.54) is 22.8 Å². The number of morpholine rings is 1. The Bertz CT molecular complexity index is 1160. The van der Waals surface area contributed by atoms with Crippen molar-refractivity contribution in [2.45, 2.75) is 25.9 Å². The number of amides is 1. The van der Waals surface area contributed by atoms with Crippen LogP contribution in [0.4, 0.5) is 11.4 Å². The smallest absolute Gasteiger partial charge is 0.407 e. The van der Waals surface area contributed by atoms with Crippen molar-refractivity contribution in [3.05, 3.63) is 68.7 Å². The molecule has 10 heteroatoms. The SMILES string of the molecule is O=C(CCCn1c(=O)oc2cc([N+](=O)[O-])ccc21)NCc1ccc(N2CCOCC2)cc1. The van der Waals surface area contributed by atoms with Crippen LogP contribution in [-0.2, 0) is 22.6 Å². The van der Waals surface area contributed by atoms with Crippen LogP contribution in [0.3, 0.4) is 0 Å². The molecule has 32 heavy (non-hydrogen) atoms. The van der Waals surface area contributed by atoms with Crippen LogP contribution in [0.5, 0.6) is 0 Å². The van der Waals surface area contributed by atoms with Gasteiger partial charge in [-0.15, -0.1) is 0 Å². The van der Waals surface area contributed by atoms with Gasteiger partial charge >= 0.3 is 5.76 Å². The largest absolute Gasteiger partial charge is 0.419 e. The lowest BCUT2D eigenvalue weighted by molar-refractivity contribution is -0.384. The summed E-state index contributed by atoms with van der Waals surface area (Å²) in [6.07, 6.45) is 0.686. The first kappa shape index (κ1) is 21.6. The summed E-state index contributed by atoms with van der Waals surface area (Å²) in [6, 6.07) is 12.1. The molecule has 0 unspecified atom stereocenters. The Labute approximate surface area is 183 Å². The molecule has 10 nitrogen and oxygen atoms in total. The minimum Gasteiger partial charge on any atom is -0.407 e. The molecule has 1 amide bonds. The Kier molecular flexibility index (Phi) is 6.50. The number of oxazole rings is 1. The first-order valence-electron chi connectivity index (χ1n) is 10.5. The predicted molar refractivity (Wildman–Crippen MR) is 118 cm³/mol. The summed E-state index contributed by atoms with van der Waals surface area (Å²) in [6.45, 7) is 3.94. The van der Waals surface area contributed by atoms with Gasteiger partial charge in [-0.05, 0) is 30.2 Å². The Morgan fingerprint density at radius 2 is 1.88 bits per heavy atom. The normalized spacial score (nSPS) is 13.9. The minimum atomic E-state index is -0.596. The topological polar surface area (TPSA) is 120 Å². The maximum atomic E-state index is 12.2. The number of non-ortho nitro benzene ring substituents is 1. The molecule has 1 fully saturated rings. The van der Waals surface area contributed by atoms with Crippen LogP contribution in [0, 0.1) is 10.1 Å². The standard InChI is InChI=1S/C22H24N4O6/c27-21(23-15-16-3-5-17(6-4-16)24-10-12-31-13-11-24)2-1-9-25-19-8-7-18(26(29)30)14-20(19)32-22(25)28/h3-8,14H,1-2,9-13,15H2,(H,23,27). The van der Waals surface area contributed by atoms with Crippen molar-refractivity contribution < 1.29 is 18.9 Å². The Morgan fingerprint density at radius 3 is 2.59 bits per heavy atom. The van der Waals surface area contributed by atoms with Crippen molar-refractivity contribution in [3.8, 4) is 0 Å². The molecule has 1 N–H and O–H groups in total. The lowest BCUT2D eigenvalue weighted by Crippen LogP contribution is -2.36. The fourth-order valence-electron chi connectivity index (χ4n) is 3.71. The number of nitrogens with one attached hydrogen (secondary N) is 1. The highest BCUT2D eigenvalue weighted by molar-refractivity contribution is 5.76. The van der Waals surface area contributed by atoms with E-state index in [2.05, 4.69) is 10.2 Å². The highest BCUT2D eigenvalue weighted by Gasteiger charge is 2.14. The molecule has 4 rings (SSSR count). The van der Waals surface area contributed by atoms with Crippen LogP contribution in [0.25, 0.3) is 11.1 Å². The van der Waals surface area contributed by atoms with Gasteiger partial charge in [0, 0.05) is 44.4 Å². The van der Waals surface area contributed by atoms with E-state index in [4.69, 9.17) is 9.15 Å². The summed E-state index contributed by atoms with van der Waals surface area (Å²) >= 11 is 0. The minimum absolute atomic E-state index is 0.112. The molecule has 0 aliphatic carbocycles. The summed E-state index contributed by atoms with van der Waals surface area (Å²) in [5, 5.41) is 13.8. The van der Waals surface area contributed by atoms with E-state index in [0.29, 0.717) is 18.5 Å². The molecule has 3 aromatic rings. The molecular formula is C22H24N4O6. The van der Waals surface area contributed by atoms with E-state index in [-0.39, 0.29) is 30.1 Å². The van der Waals surface area contributed by atoms with Gasteiger partial charge < -0.3 is 19.4 Å². The van der Waals surface area contributed by atoms with Gasteiger partial charge in [0.1, 0.15) is 0 Å². The zero-order valence-corrected chi connectivity index (χ0v) is 17.5. The third-order valence-electron chi connectivity index (χ3n) is 5.45. The second kappa shape index (κ2) is 9.65. The fraction of sp³-hybridized carbons (Fsp3) is 0.364. The van der Waals surface area contributed by atoms with Crippen LogP contribution < -0.4 is 16.0 Å². The number of nitro benzene ring substituents is 1. The number of anilines is 1. The zero-order valence-electron chi connectivity index (χ0n) is 17.5. The second-order valence-corrected chi connectivity index (χ2v) is 7.57. The summed E-state index contributed by atoms with van der Waals surface area (Å²) in [5.41, 5.74) is 2.65. The van der Waals surface area contributed by atoms with Crippen molar-refractivity contribution >= 4 is 28.4 Å². The number of hydrogen-bond acceptors (Lipinski definition) is 7. The summed E-state index contributed by atoms with van der Waals surface area (Å²) in [4.78, 5) is 36.9. The van der Waals surface area contributed by atoms with Crippen molar-refractivity contribution in [2.75, 3.05) is 31.2 Å². The fourth-order valence-corrected chi connectivity index (χ4v) is 3.71. The van der Waals surface area contributed by atoms with Crippen molar-refractivity contribution in [1.29, 1.82) is 0 Å². The van der Waals surface area contributed by atoms with Crippen LogP contribution in [0.15, 0.2) is 51.7 Å². The van der Waals surface area contributed by atoms with E-state index >= 15 is 0 Å². The molecule has 1 aromatic heterocycles. The predicted octanol–water partition coefficient (Wildman–Crippen LogP) is 2.44. The second-order valence-electron chi connectivity index (χ2n) is 7.57. The number of nitro groups is 1. The quantitative estimate of drug-likeness (QED) is 0.422. The van der Waals surface area contributed by atoms with Crippen molar-refractivity contribution in [1.82, 2.24) is 9.88 Å². The number of benzene rings is 2. The third-order valence-corrected chi connectivity index (χ3v) is 5.45. The van der Waals surface area contributed by atoms with Crippen LogP contribution in [-0.4, -0.2) is 41.7 Å². The molecule has 0 radical (unpaired) electrons. The highest BCUT2D eigenvalue weighted by Crippen LogP contribution is 2.20. The number of aromatic nitrogens is 1. The number of carbonyl (C=O) groups is 1. The zero-order chi connectivity index (χ0) is 22.5. The van der Waals surface area contributed by atoms with Crippen LogP contribution >= 0.6 is 0 Å². The first-order chi connectivity index (χ1) is 15.5. The summed E-state index contributed by atoms with van der Waals surface area (Å²) in [7, 11) is 0. The molecule has 1 aliphatic rings. The number of hydrogen-bond donors (Lipinski definition) is 1. The average molecular weight is 440 g/mol. The Morgan fingerprint density at radius 1 is 1.12 bits per heavy atom. The molecule has 0 spiro atoms. The molecule has 0 bridgehead atoms. The van der Waals surface area contributed by atoms with Gasteiger partial charge in [-0.2, -0.15) is 0 Å². The molecule has 168 valence electrons. The van der Waals surface area contributed by atoms with E-state index < -0.39 is 10.7 Å². The third kappa shape index (κ3) is 4.97. The molecule has 0 atom stereocenters.